The summed E-state index contributed by atoms with van der Waals surface area (Å²) in [5, 5.41) is 10.0. The number of aromatic nitrogens is 4. The van der Waals surface area contributed by atoms with Crippen LogP contribution in [0.15, 0.2) is 59.8 Å². The zero-order chi connectivity index (χ0) is 22.0. The van der Waals surface area contributed by atoms with Crippen LogP contribution in [-0.2, 0) is 14.8 Å². The van der Waals surface area contributed by atoms with E-state index in [0.29, 0.717) is 33.7 Å². The average molecular weight is 438 g/mol. The Balaban J connectivity index is 1.78. The van der Waals surface area contributed by atoms with Crippen LogP contribution in [0.2, 0.25) is 0 Å². The van der Waals surface area contributed by atoms with Crippen molar-refractivity contribution in [1.82, 2.24) is 20.2 Å². The SMILES string of the molecule is COc1ccc(S(=O)(=O)Nc2ccccn2)cc1-c1cnc2n[nH]c(NC(C)=O)c2c1. The summed E-state index contributed by atoms with van der Waals surface area (Å²) in [5.41, 5.74) is 1.51. The number of methoxy groups -OCH3 is 1. The number of carbonyl (C=O) groups excluding carboxylic acids is 1. The zero-order valence-electron chi connectivity index (χ0n) is 16.6. The third-order valence-corrected chi connectivity index (χ3v) is 5.76. The molecule has 11 heteroatoms. The standard InChI is InChI=1S/C20H18N6O4S/c1-12(27)23-20-16-9-13(11-22-19(16)24-25-20)15-10-14(6-7-17(15)30-2)31(28,29)26-18-5-3-4-8-21-18/h3-11H,1-2H3,(H,21,26)(H2,22,23,24,25,27). The second-order valence-electron chi connectivity index (χ2n) is 6.56. The van der Waals surface area contributed by atoms with E-state index in [4.69, 9.17) is 4.74 Å². The summed E-state index contributed by atoms with van der Waals surface area (Å²) in [5.74, 6) is 0.808. The van der Waals surface area contributed by atoms with Crippen molar-refractivity contribution in [2.24, 2.45) is 0 Å². The molecular weight excluding hydrogens is 420 g/mol. The minimum absolute atomic E-state index is 0.0309. The van der Waals surface area contributed by atoms with Crippen molar-refractivity contribution in [2.75, 3.05) is 17.1 Å². The second-order valence-corrected chi connectivity index (χ2v) is 8.24. The van der Waals surface area contributed by atoms with Crippen LogP contribution < -0.4 is 14.8 Å². The molecule has 0 spiro atoms. The Bertz CT molecular complexity index is 1370. The van der Waals surface area contributed by atoms with Crippen LogP contribution in [0.3, 0.4) is 0 Å². The molecule has 0 aliphatic heterocycles. The summed E-state index contributed by atoms with van der Waals surface area (Å²) in [4.78, 5) is 19.8. The van der Waals surface area contributed by atoms with Gasteiger partial charge in [-0.05, 0) is 36.4 Å². The van der Waals surface area contributed by atoms with Crippen LogP contribution in [-0.4, -0.2) is 41.6 Å². The van der Waals surface area contributed by atoms with Crippen LogP contribution in [0.5, 0.6) is 5.75 Å². The lowest BCUT2D eigenvalue weighted by molar-refractivity contribution is -0.114. The van der Waals surface area contributed by atoms with Crippen molar-refractivity contribution < 1.29 is 17.9 Å². The van der Waals surface area contributed by atoms with E-state index in [1.807, 2.05) is 0 Å². The number of rotatable bonds is 6. The number of benzene rings is 1. The molecule has 3 aromatic heterocycles. The average Bonchev–Trinajstić information content (AvgIpc) is 3.15. The van der Waals surface area contributed by atoms with Crippen LogP contribution in [0, 0.1) is 0 Å². The van der Waals surface area contributed by atoms with E-state index in [-0.39, 0.29) is 16.6 Å². The van der Waals surface area contributed by atoms with Gasteiger partial charge in [-0.3, -0.25) is 14.6 Å². The van der Waals surface area contributed by atoms with E-state index in [1.165, 1.54) is 32.4 Å². The first kappa shape index (κ1) is 20.3. The van der Waals surface area contributed by atoms with Gasteiger partial charge in [-0.15, -0.1) is 0 Å². The molecule has 1 aromatic carbocycles. The maximum Gasteiger partial charge on any atom is 0.263 e. The lowest BCUT2D eigenvalue weighted by atomic mass is 10.1. The van der Waals surface area contributed by atoms with Gasteiger partial charge in [-0.25, -0.2) is 18.4 Å². The fraction of sp³-hybridized carbons (Fsp3) is 0.100. The first-order valence-corrected chi connectivity index (χ1v) is 10.6. The van der Waals surface area contributed by atoms with Gasteiger partial charge in [-0.1, -0.05) is 6.07 Å². The molecule has 0 aliphatic carbocycles. The summed E-state index contributed by atoms with van der Waals surface area (Å²) >= 11 is 0. The quantitative estimate of drug-likeness (QED) is 0.421. The molecule has 3 N–H and O–H groups in total. The van der Waals surface area contributed by atoms with Gasteiger partial charge in [0.1, 0.15) is 17.4 Å². The lowest BCUT2D eigenvalue weighted by Gasteiger charge is -2.12. The molecule has 0 radical (unpaired) electrons. The molecule has 0 atom stereocenters. The van der Waals surface area contributed by atoms with Gasteiger partial charge in [-0.2, -0.15) is 5.10 Å². The summed E-state index contributed by atoms with van der Waals surface area (Å²) in [6.07, 6.45) is 3.05. The number of nitrogens with zero attached hydrogens (tertiary/aromatic N) is 3. The minimum Gasteiger partial charge on any atom is -0.496 e. The van der Waals surface area contributed by atoms with Crippen molar-refractivity contribution in [2.45, 2.75) is 11.8 Å². The summed E-state index contributed by atoms with van der Waals surface area (Å²) in [6.45, 7) is 1.38. The Labute approximate surface area is 177 Å². The fourth-order valence-corrected chi connectivity index (χ4v) is 4.05. The number of anilines is 2. The molecule has 0 saturated carbocycles. The molecular formula is C20H18N6O4S. The first-order chi connectivity index (χ1) is 14.9. The Kier molecular flexibility index (Phi) is 5.26. The Morgan fingerprint density at radius 1 is 1.13 bits per heavy atom. The molecule has 0 unspecified atom stereocenters. The number of carbonyl (C=O) groups is 1. The smallest absolute Gasteiger partial charge is 0.263 e. The molecule has 10 nitrogen and oxygen atoms in total. The zero-order valence-corrected chi connectivity index (χ0v) is 17.4. The van der Waals surface area contributed by atoms with Crippen molar-refractivity contribution in [3.63, 3.8) is 0 Å². The topological polar surface area (TPSA) is 139 Å². The highest BCUT2D eigenvalue weighted by molar-refractivity contribution is 7.92. The number of nitrogens with one attached hydrogen (secondary N) is 3. The monoisotopic (exact) mass is 438 g/mol. The molecule has 1 amide bonds. The first-order valence-electron chi connectivity index (χ1n) is 9.11. The van der Waals surface area contributed by atoms with Gasteiger partial charge in [0.2, 0.25) is 5.91 Å². The van der Waals surface area contributed by atoms with Gasteiger partial charge in [0, 0.05) is 30.4 Å². The third-order valence-electron chi connectivity index (χ3n) is 4.41. The van der Waals surface area contributed by atoms with E-state index in [0.717, 1.165) is 0 Å². The number of hydrogen-bond donors (Lipinski definition) is 3. The number of sulfonamides is 1. The highest BCUT2D eigenvalue weighted by atomic mass is 32.2. The number of amides is 1. The normalized spacial score (nSPS) is 11.3. The Morgan fingerprint density at radius 3 is 2.68 bits per heavy atom. The maximum absolute atomic E-state index is 12.9. The van der Waals surface area contributed by atoms with Crippen LogP contribution >= 0.6 is 0 Å². The Hall–Kier alpha value is -3.99. The van der Waals surface area contributed by atoms with Crippen LogP contribution in [0.4, 0.5) is 11.6 Å². The minimum atomic E-state index is -3.89. The van der Waals surface area contributed by atoms with Gasteiger partial charge in [0.05, 0.1) is 17.4 Å². The predicted octanol–water partition coefficient (Wildman–Crippen LogP) is 2.79. The lowest BCUT2D eigenvalue weighted by Crippen LogP contribution is -2.14. The van der Waals surface area contributed by atoms with Gasteiger partial charge < -0.3 is 10.1 Å². The summed E-state index contributed by atoms with van der Waals surface area (Å²) in [7, 11) is -2.40. The van der Waals surface area contributed by atoms with Crippen molar-refractivity contribution in [3.05, 3.63) is 54.9 Å². The molecule has 0 bridgehead atoms. The van der Waals surface area contributed by atoms with Crippen LogP contribution in [0.1, 0.15) is 6.92 Å². The third kappa shape index (κ3) is 4.16. The number of pyridine rings is 2. The van der Waals surface area contributed by atoms with Crippen LogP contribution in [0.25, 0.3) is 22.2 Å². The van der Waals surface area contributed by atoms with E-state index < -0.39 is 10.0 Å². The fourth-order valence-electron chi connectivity index (χ4n) is 3.02. The molecule has 158 valence electrons. The number of aromatic amines is 1. The van der Waals surface area contributed by atoms with Gasteiger partial charge >= 0.3 is 0 Å². The van der Waals surface area contributed by atoms with E-state index in [1.54, 1.807) is 36.5 Å². The largest absolute Gasteiger partial charge is 0.496 e. The number of fused-ring (bicyclic) bond motifs is 1. The Morgan fingerprint density at radius 2 is 1.97 bits per heavy atom. The van der Waals surface area contributed by atoms with Gasteiger partial charge in [0.15, 0.2) is 5.65 Å². The van der Waals surface area contributed by atoms with Crippen molar-refractivity contribution in [3.8, 4) is 16.9 Å². The van der Waals surface area contributed by atoms with E-state index in [9.17, 15) is 13.2 Å². The van der Waals surface area contributed by atoms with Crippen molar-refractivity contribution in [1.29, 1.82) is 0 Å². The molecule has 3 heterocycles. The molecule has 31 heavy (non-hydrogen) atoms. The summed E-state index contributed by atoms with van der Waals surface area (Å²) < 4.78 is 33.6. The van der Waals surface area contributed by atoms with E-state index in [2.05, 4.69) is 30.2 Å². The van der Waals surface area contributed by atoms with Crippen molar-refractivity contribution >= 4 is 38.6 Å². The number of H-pyrrole nitrogens is 1. The number of ether oxygens (including phenoxy) is 1. The molecule has 4 aromatic rings. The summed E-state index contributed by atoms with van der Waals surface area (Å²) in [6, 6.07) is 11.2. The molecule has 0 aliphatic rings. The molecule has 4 rings (SSSR count). The van der Waals surface area contributed by atoms with Gasteiger partial charge in [0.25, 0.3) is 10.0 Å². The predicted molar refractivity (Wildman–Crippen MR) is 115 cm³/mol. The maximum atomic E-state index is 12.9. The van der Waals surface area contributed by atoms with E-state index >= 15 is 0 Å². The number of hydrogen-bond acceptors (Lipinski definition) is 7. The highest BCUT2D eigenvalue weighted by Gasteiger charge is 2.19. The highest BCUT2D eigenvalue weighted by Crippen LogP contribution is 2.34. The second kappa shape index (κ2) is 8.03. The molecule has 0 fully saturated rings. The molecule has 0 saturated heterocycles.